The lowest BCUT2D eigenvalue weighted by molar-refractivity contribution is -0.118. The summed E-state index contributed by atoms with van der Waals surface area (Å²) in [5.41, 5.74) is 2.49. The van der Waals surface area contributed by atoms with Gasteiger partial charge in [0.15, 0.2) is 0 Å². The van der Waals surface area contributed by atoms with Crippen molar-refractivity contribution >= 4 is 22.5 Å². The van der Waals surface area contributed by atoms with Crippen LogP contribution in [0.2, 0.25) is 0 Å². The molecule has 3 N–H and O–H groups in total. The minimum Gasteiger partial charge on any atom is -0.508 e. The quantitative estimate of drug-likeness (QED) is 0.647. The standard InChI is InChI=1S/C18H15N3O2/c19-11-13(18(23)21-14-4-6-15(22)7-5-14)10-12-2-1-3-17-16(12)8-9-20-17/h1-9,13,20,22H,10H2,(H,21,23). The van der Waals surface area contributed by atoms with Crippen LogP contribution < -0.4 is 5.32 Å². The Morgan fingerprint density at radius 2 is 2.00 bits per heavy atom. The Morgan fingerprint density at radius 1 is 1.22 bits per heavy atom. The summed E-state index contributed by atoms with van der Waals surface area (Å²) in [4.78, 5) is 15.4. The summed E-state index contributed by atoms with van der Waals surface area (Å²) in [5.74, 6) is -1.02. The van der Waals surface area contributed by atoms with Crippen LogP contribution >= 0.6 is 0 Å². The van der Waals surface area contributed by atoms with Crippen LogP contribution in [0, 0.1) is 17.2 Å². The van der Waals surface area contributed by atoms with Crippen molar-refractivity contribution in [1.29, 1.82) is 5.26 Å². The van der Waals surface area contributed by atoms with E-state index in [1.165, 1.54) is 12.1 Å². The molecule has 0 aliphatic heterocycles. The summed E-state index contributed by atoms with van der Waals surface area (Å²) < 4.78 is 0. The zero-order chi connectivity index (χ0) is 16.2. The highest BCUT2D eigenvalue weighted by atomic mass is 16.3. The summed E-state index contributed by atoms with van der Waals surface area (Å²) in [5, 5.41) is 22.3. The molecule has 2 aromatic carbocycles. The number of phenols is 1. The highest BCUT2D eigenvalue weighted by Gasteiger charge is 2.19. The molecule has 0 spiro atoms. The molecule has 1 unspecified atom stereocenters. The van der Waals surface area contributed by atoms with Crippen molar-refractivity contribution in [2.75, 3.05) is 5.32 Å². The summed E-state index contributed by atoms with van der Waals surface area (Å²) in [7, 11) is 0. The third-order valence-corrected chi connectivity index (χ3v) is 3.72. The summed E-state index contributed by atoms with van der Waals surface area (Å²) in [6.07, 6.45) is 2.18. The molecule has 1 amide bonds. The van der Waals surface area contributed by atoms with E-state index in [2.05, 4.69) is 16.4 Å². The number of hydrogen-bond donors (Lipinski definition) is 3. The van der Waals surface area contributed by atoms with Gasteiger partial charge in [0.1, 0.15) is 11.7 Å². The number of aromatic hydroxyl groups is 1. The zero-order valence-electron chi connectivity index (χ0n) is 12.3. The van der Waals surface area contributed by atoms with E-state index < -0.39 is 5.92 Å². The van der Waals surface area contributed by atoms with Crippen molar-refractivity contribution in [1.82, 2.24) is 4.98 Å². The lowest BCUT2D eigenvalue weighted by Gasteiger charge is -2.11. The molecule has 1 aromatic heterocycles. The summed E-state index contributed by atoms with van der Waals surface area (Å²) in [6, 6.07) is 15.9. The molecule has 0 aliphatic carbocycles. The number of rotatable bonds is 4. The number of anilines is 1. The number of hydrogen-bond acceptors (Lipinski definition) is 3. The number of carbonyl (C=O) groups excluding carboxylic acids is 1. The SMILES string of the molecule is N#CC(Cc1cccc2[nH]ccc12)C(=O)Nc1ccc(O)cc1. The van der Waals surface area contributed by atoms with Gasteiger partial charge in [0.05, 0.1) is 6.07 Å². The first-order valence-electron chi connectivity index (χ1n) is 7.22. The number of carbonyl (C=O) groups is 1. The van der Waals surface area contributed by atoms with Gasteiger partial charge in [-0.05, 0) is 48.4 Å². The Labute approximate surface area is 133 Å². The molecule has 5 heteroatoms. The van der Waals surface area contributed by atoms with Crippen LogP contribution in [0.1, 0.15) is 5.56 Å². The molecule has 5 nitrogen and oxygen atoms in total. The molecule has 23 heavy (non-hydrogen) atoms. The average Bonchev–Trinajstić information content (AvgIpc) is 3.04. The Morgan fingerprint density at radius 3 is 2.74 bits per heavy atom. The molecule has 1 heterocycles. The number of amides is 1. The van der Waals surface area contributed by atoms with Crippen LogP contribution in [-0.4, -0.2) is 16.0 Å². The molecule has 0 bridgehead atoms. The molecule has 1 atom stereocenters. The predicted molar refractivity (Wildman–Crippen MR) is 87.8 cm³/mol. The van der Waals surface area contributed by atoms with Gasteiger partial charge in [-0.2, -0.15) is 5.26 Å². The number of nitriles is 1. The van der Waals surface area contributed by atoms with Gasteiger partial charge in [0.2, 0.25) is 5.91 Å². The lowest BCUT2D eigenvalue weighted by atomic mass is 9.97. The van der Waals surface area contributed by atoms with E-state index >= 15 is 0 Å². The molecule has 0 aliphatic rings. The molecule has 3 rings (SSSR count). The van der Waals surface area contributed by atoms with Crippen molar-refractivity contribution in [2.24, 2.45) is 5.92 Å². The number of nitrogens with zero attached hydrogens (tertiary/aromatic N) is 1. The second-order valence-electron chi connectivity index (χ2n) is 5.28. The van der Waals surface area contributed by atoms with Crippen LogP contribution in [0.25, 0.3) is 10.9 Å². The maximum atomic E-state index is 12.3. The topological polar surface area (TPSA) is 88.9 Å². The second-order valence-corrected chi connectivity index (χ2v) is 5.28. The fourth-order valence-electron chi connectivity index (χ4n) is 2.52. The largest absolute Gasteiger partial charge is 0.508 e. The highest BCUT2D eigenvalue weighted by Crippen LogP contribution is 2.21. The first-order chi connectivity index (χ1) is 11.2. The fraction of sp³-hybridized carbons (Fsp3) is 0.111. The van der Waals surface area contributed by atoms with Crippen LogP contribution in [0.5, 0.6) is 5.75 Å². The van der Waals surface area contributed by atoms with Gasteiger partial charge >= 0.3 is 0 Å². The Kier molecular flexibility index (Phi) is 3.98. The third-order valence-electron chi connectivity index (χ3n) is 3.72. The molecular weight excluding hydrogens is 290 g/mol. The molecule has 0 radical (unpaired) electrons. The van der Waals surface area contributed by atoms with Gasteiger partial charge in [-0.15, -0.1) is 0 Å². The normalized spacial score (nSPS) is 11.8. The predicted octanol–water partition coefficient (Wildman–Crippen LogP) is 3.19. The van der Waals surface area contributed by atoms with E-state index in [4.69, 9.17) is 0 Å². The maximum Gasteiger partial charge on any atom is 0.242 e. The van der Waals surface area contributed by atoms with E-state index in [0.717, 1.165) is 16.5 Å². The second kappa shape index (κ2) is 6.24. The van der Waals surface area contributed by atoms with Gasteiger partial charge in [-0.1, -0.05) is 12.1 Å². The van der Waals surface area contributed by atoms with E-state index in [1.54, 1.807) is 12.1 Å². The summed E-state index contributed by atoms with van der Waals surface area (Å²) >= 11 is 0. The van der Waals surface area contributed by atoms with Crippen molar-refractivity contribution in [3.05, 3.63) is 60.3 Å². The van der Waals surface area contributed by atoms with Gasteiger partial charge in [0, 0.05) is 22.8 Å². The number of aromatic amines is 1. The average molecular weight is 305 g/mol. The highest BCUT2D eigenvalue weighted by molar-refractivity contribution is 5.95. The van der Waals surface area contributed by atoms with E-state index in [1.807, 2.05) is 30.5 Å². The van der Waals surface area contributed by atoms with E-state index in [0.29, 0.717) is 12.1 Å². The molecular formula is C18H15N3O2. The van der Waals surface area contributed by atoms with Gasteiger partial charge in [-0.3, -0.25) is 4.79 Å². The van der Waals surface area contributed by atoms with Crippen LogP contribution in [0.4, 0.5) is 5.69 Å². The molecule has 0 saturated heterocycles. The molecule has 0 saturated carbocycles. The van der Waals surface area contributed by atoms with Crippen molar-refractivity contribution in [3.8, 4) is 11.8 Å². The number of nitrogens with one attached hydrogen (secondary N) is 2. The van der Waals surface area contributed by atoms with Gasteiger partial charge in [-0.25, -0.2) is 0 Å². The van der Waals surface area contributed by atoms with Crippen molar-refractivity contribution < 1.29 is 9.90 Å². The first kappa shape index (κ1) is 14.7. The number of phenolic OH excluding ortho intramolecular Hbond substituents is 1. The van der Waals surface area contributed by atoms with Crippen molar-refractivity contribution in [2.45, 2.75) is 6.42 Å². The Hall–Kier alpha value is -3.26. The van der Waals surface area contributed by atoms with Gasteiger partial charge in [0.25, 0.3) is 0 Å². The minimum atomic E-state index is -0.788. The van der Waals surface area contributed by atoms with Crippen LogP contribution in [-0.2, 0) is 11.2 Å². The van der Waals surface area contributed by atoms with Crippen LogP contribution in [0.3, 0.4) is 0 Å². The van der Waals surface area contributed by atoms with Gasteiger partial charge < -0.3 is 15.4 Å². The minimum absolute atomic E-state index is 0.124. The third kappa shape index (κ3) is 3.16. The molecule has 3 aromatic rings. The Bertz CT molecular complexity index is 875. The zero-order valence-corrected chi connectivity index (χ0v) is 12.3. The molecule has 0 fully saturated rings. The monoisotopic (exact) mass is 305 g/mol. The number of H-pyrrole nitrogens is 1. The number of aromatic nitrogens is 1. The van der Waals surface area contributed by atoms with E-state index in [-0.39, 0.29) is 11.7 Å². The number of benzene rings is 2. The fourth-order valence-corrected chi connectivity index (χ4v) is 2.52. The summed E-state index contributed by atoms with van der Waals surface area (Å²) in [6.45, 7) is 0. The van der Waals surface area contributed by atoms with E-state index in [9.17, 15) is 15.2 Å². The molecule has 114 valence electrons. The maximum absolute atomic E-state index is 12.3. The Balaban J connectivity index is 1.77. The lowest BCUT2D eigenvalue weighted by Crippen LogP contribution is -2.23. The smallest absolute Gasteiger partial charge is 0.242 e. The number of fused-ring (bicyclic) bond motifs is 1. The first-order valence-corrected chi connectivity index (χ1v) is 7.22. The van der Waals surface area contributed by atoms with Crippen molar-refractivity contribution in [3.63, 3.8) is 0 Å². The van der Waals surface area contributed by atoms with Crippen LogP contribution in [0.15, 0.2) is 54.7 Å².